The summed E-state index contributed by atoms with van der Waals surface area (Å²) in [5.74, 6) is -2.32. The molecule has 0 bridgehead atoms. The van der Waals surface area contributed by atoms with Crippen LogP contribution in [0.5, 0.6) is 0 Å². The Morgan fingerprint density at radius 1 is 1.29 bits per heavy atom. The molecule has 0 amide bonds. The second-order valence-corrected chi connectivity index (χ2v) is 5.23. The van der Waals surface area contributed by atoms with Gasteiger partial charge in [0.25, 0.3) is 0 Å². The van der Waals surface area contributed by atoms with Gasteiger partial charge >= 0.3 is 0 Å². The van der Waals surface area contributed by atoms with Gasteiger partial charge in [-0.3, -0.25) is 0 Å². The van der Waals surface area contributed by atoms with E-state index >= 15 is 0 Å². The highest BCUT2D eigenvalue weighted by Crippen LogP contribution is 2.17. The van der Waals surface area contributed by atoms with Gasteiger partial charge in [0.2, 0.25) is 10.0 Å². The normalized spacial score (nSPS) is 12.1. The van der Waals surface area contributed by atoms with Crippen LogP contribution in [0.15, 0.2) is 23.1 Å². The Morgan fingerprint density at radius 3 is 2.41 bits per heavy atom. The van der Waals surface area contributed by atoms with Gasteiger partial charge in [-0.2, -0.15) is 4.31 Å². The molecule has 4 nitrogen and oxygen atoms in total. The summed E-state index contributed by atoms with van der Waals surface area (Å²) in [5.41, 5.74) is 0. The molecule has 96 valence electrons. The number of benzene rings is 1. The third-order valence-corrected chi connectivity index (χ3v) is 4.20. The molecule has 1 aromatic carbocycles. The van der Waals surface area contributed by atoms with Gasteiger partial charge in [0.15, 0.2) is 11.6 Å². The zero-order chi connectivity index (χ0) is 13.1. The molecule has 0 unspecified atom stereocenters. The summed E-state index contributed by atoms with van der Waals surface area (Å²) in [6, 6.07) is 2.38. The third kappa shape index (κ3) is 2.99. The van der Waals surface area contributed by atoms with Gasteiger partial charge < -0.3 is 5.11 Å². The number of rotatable bonds is 5. The van der Waals surface area contributed by atoms with E-state index in [1.54, 1.807) is 6.92 Å². The van der Waals surface area contributed by atoms with Crippen molar-refractivity contribution in [3.63, 3.8) is 0 Å². The van der Waals surface area contributed by atoms with Gasteiger partial charge in [0.05, 0.1) is 11.5 Å². The first-order valence-corrected chi connectivity index (χ1v) is 6.43. The highest BCUT2D eigenvalue weighted by atomic mass is 32.2. The number of hydrogen-bond donors (Lipinski definition) is 1. The molecule has 7 heteroatoms. The number of likely N-dealkylation sites (N-methyl/N-ethyl adjacent to an activating group) is 1. The van der Waals surface area contributed by atoms with Crippen molar-refractivity contribution in [2.24, 2.45) is 0 Å². The van der Waals surface area contributed by atoms with Crippen molar-refractivity contribution in [3.8, 4) is 0 Å². The van der Waals surface area contributed by atoms with Gasteiger partial charge in [-0.1, -0.05) is 6.92 Å². The maximum absolute atomic E-state index is 13.0. The molecule has 0 aliphatic carbocycles. The predicted molar refractivity (Wildman–Crippen MR) is 57.9 cm³/mol. The molecular weight excluding hydrogens is 252 g/mol. The van der Waals surface area contributed by atoms with E-state index < -0.39 is 21.7 Å². The molecule has 0 radical (unpaired) electrons. The average molecular weight is 265 g/mol. The number of aliphatic hydroxyl groups is 1. The second kappa shape index (κ2) is 5.52. The minimum Gasteiger partial charge on any atom is -0.395 e. The van der Waals surface area contributed by atoms with Gasteiger partial charge in [0.1, 0.15) is 0 Å². The number of sulfonamides is 1. The summed E-state index contributed by atoms with van der Waals surface area (Å²) >= 11 is 0. The van der Waals surface area contributed by atoms with E-state index in [2.05, 4.69) is 0 Å². The SMILES string of the molecule is CCN(CCO)S(=O)(=O)c1ccc(F)c(F)c1. The lowest BCUT2D eigenvalue weighted by Gasteiger charge is -2.19. The Hall–Kier alpha value is -1.05. The Labute approximate surface area is 98.5 Å². The molecule has 0 aliphatic rings. The summed E-state index contributed by atoms with van der Waals surface area (Å²) in [7, 11) is -3.89. The summed E-state index contributed by atoms with van der Waals surface area (Å²) in [6.45, 7) is 1.31. The van der Waals surface area contributed by atoms with E-state index in [1.807, 2.05) is 0 Å². The summed E-state index contributed by atoms with van der Waals surface area (Å²) < 4.78 is 50.5. The van der Waals surface area contributed by atoms with Crippen LogP contribution in [0.1, 0.15) is 6.92 Å². The van der Waals surface area contributed by atoms with Crippen LogP contribution < -0.4 is 0 Å². The molecule has 1 aromatic rings. The number of hydrogen-bond acceptors (Lipinski definition) is 3. The molecule has 17 heavy (non-hydrogen) atoms. The lowest BCUT2D eigenvalue weighted by molar-refractivity contribution is 0.257. The quantitative estimate of drug-likeness (QED) is 0.863. The summed E-state index contributed by atoms with van der Waals surface area (Å²) in [6.07, 6.45) is 0. The Kier molecular flexibility index (Phi) is 4.55. The van der Waals surface area contributed by atoms with Crippen LogP contribution in [0.2, 0.25) is 0 Å². The monoisotopic (exact) mass is 265 g/mol. The number of nitrogens with zero attached hydrogens (tertiary/aromatic N) is 1. The van der Waals surface area contributed by atoms with Gasteiger partial charge in [-0.05, 0) is 18.2 Å². The summed E-state index contributed by atoms with van der Waals surface area (Å²) in [5, 5.41) is 8.74. The molecule has 0 aliphatic heterocycles. The Bertz CT molecular complexity index is 490. The van der Waals surface area contributed by atoms with Crippen molar-refractivity contribution in [2.75, 3.05) is 19.7 Å². The number of aliphatic hydroxyl groups excluding tert-OH is 1. The number of halogens is 2. The van der Waals surface area contributed by atoms with Crippen molar-refractivity contribution in [2.45, 2.75) is 11.8 Å². The van der Waals surface area contributed by atoms with E-state index in [0.717, 1.165) is 16.4 Å². The molecule has 1 N–H and O–H groups in total. The van der Waals surface area contributed by atoms with E-state index in [-0.39, 0.29) is 24.6 Å². The van der Waals surface area contributed by atoms with Crippen molar-refractivity contribution >= 4 is 10.0 Å². The fourth-order valence-corrected chi connectivity index (χ4v) is 2.80. The van der Waals surface area contributed by atoms with Crippen LogP contribution in [0.4, 0.5) is 8.78 Å². The largest absolute Gasteiger partial charge is 0.395 e. The molecule has 0 heterocycles. The van der Waals surface area contributed by atoms with Gasteiger partial charge in [-0.15, -0.1) is 0 Å². The standard InChI is InChI=1S/C10H13F2NO3S/c1-2-13(5-6-14)17(15,16)8-3-4-9(11)10(12)7-8/h3-4,7,14H,2,5-6H2,1H3. The van der Waals surface area contributed by atoms with Crippen LogP contribution in [0, 0.1) is 11.6 Å². The van der Waals surface area contributed by atoms with E-state index in [0.29, 0.717) is 6.07 Å². The highest BCUT2D eigenvalue weighted by Gasteiger charge is 2.23. The molecule has 0 fully saturated rings. The lowest BCUT2D eigenvalue weighted by Crippen LogP contribution is -2.33. The van der Waals surface area contributed by atoms with Crippen LogP contribution in [-0.2, 0) is 10.0 Å². The zero-order valence-corrected chi connectivity index (χ0v) is 10.0. The van der Waals surface area contributed by atoms with Gasteiger partial charge in [-0.25, -0.2) is 17.2 Å². The predicted octanol–water partition coefficient (Wildman–Crippen LogP) is 0.968. The highest BCUT2D eigenvalue weighted by molar-refractivity contribution is 7.89. The van der Waals surface area contributed by atoms with Crippen molar-refractivity contribution < 1.29 is 22.3 Å². The smallest absolute Gasteiger partial charge is 0.243 e. The third-order valence-electron chi connectivity index (χ3n) is 2.23. The fourth-order valence-electron chi connectivity index (χ4n) is 1.35. The second-order valence-electron chi connectivity index (χ2n) is 3.30. The van der Waals surface area contributed by atoms with Gasteiger partial charge in [0, 0.05) is 13.1 Å². The first-order valence-electron chi connectivity index (χ1n) is 4.99. The van der Waals surface area contributed by atoms with E-state index in [1.165, 1.54) is 0 Å². The molecule has 1 rings (SSSR count). The molecule has 0 aromatic heterocycles. The fraction of sp³-hybridized carbons (Fsp3) is 0.400. The van der Waals surface area contributed by atoms with Crippen LogP contribution in [0.25, 0.3) is 0 Å². The first kappa shape index (κ1) is 14.0. The van der Waals surface area contributed by atoms with Crippen LogP contribution in [-0.4, -0.2) is 37.5 Å². The molecule has 0 saturated heterocycles. The van der Waals surface area contributed by atoms with Crippen molar-refractivity contribution in [3.05, 3.63) is 29.8 Å². The summed E-state index contributed by atoms with van der Waals surface area (Å²) in [4.78, 5) is -0.327. The molecular formula is C10H13F2NO3S. The van der Waals surface area contributed by atoms with Crippen LogP contribution >= 0.6 is 0 Å². The minimum absolute atomic E-state index is 0.0855. The molecule has 0 spiro atoms. The maximum atomic E-state index is 13.0. The lowest BCUT2D eigenvalue weighted by atomic mass is 10.3. The van der Waals surface area contributed by atoms with E-state index in [9.17, 15) is 17.2 Å². The Balaban J connectivity index is 3.15. The topological polar surface area (TPSA) is 57.6 Å². The average Bonchev–Trinajstić information content (AvgIpc) is 2.29. The van der Waals surface area contributed by atoms with Crippen molar-refractivity contribution in [1.29, 1.82) is 0 Å². The van der Waals surface area contributed by atoms with E-state index in [4.69, 9.17) is 5.11 Å². The molecule has 0 atom stereocenters. The van der Waals surface area contributed by atoms with Crippen LogP contribution in [0.3, 0.4) is 0 Å². The minimum atomic E-state index is -3.89. The van der Waals surface area contributed by atoms with Crippen molar-refractivity contribution in [1.82, 2.24) is 4.31 Å². The maximum Gasteiger partial charge on any atom is 0.243 e. The zero-order valence-electron chi connectivity index (χ0n) is 9.23. The first-order chi connectivity index (χ1) is 7.93. The Morgan fingerprint density at radius 2 is 1.94 bits per heavy atom. The molecule has 0 saturated carbocycles.